The molecule has 2 amide bonds. The van der Waals surface area contributed by atoms with Crippen molar-refractivity contribution in [3.63, 3.8) is 0 Å². The fourth-order valence-electron chi connectivity index (χ4n) is 3.65. The zero-order valence-electron chi connectivity index (χ0n) is 17.6. The van der Waals surface area contributed by atoms with E-state index in [1.807, 2.05) is 49.4 Å². The largest absolute Gasteiger partial charge is 0.371 e. The molecule has 2 N–H and O–H groups in total. The van der Waals surface area contributed by atoms with Crippen molar-refractivity contribution in [1.82, 2.24) is 10.2 Å². The molecule has 1 aliphatic heterocycles. The highest BCUT2D eigenvalue weighted by molar-refractivity contribution is 6.39. The lowest BCUT2D eigenvalue weighted by Gasteiger charge is -2.33. The van der Waals surface area contributed by atoms with Crippen LogP contribution in [0.2, 0.25) is 0 Å². The Morgan fingerprint density at radius 1 is 1.03 bits per heavy atom. The first-order valence-corrected chi connectivity index (χ1v) is 10.7. The third-order valence-corrected chi connectivity index (χ3v) is 5.36. The molecule has 0 aliphatic carbocycles. The quantitative estimate of drug-likeness (QED) is 0.519. The average Bonchev–Trinajstić information content (AvgIpc) is 2.80. The lowest BCUT2D eigenvalue weighted by Crippen LogP contribution is -2.39. The number of ether oxygens (including phenoxy) is 1. The van der Waals surface area contributed by atoms with Gasteiger partial charge in [0.1, 0.15) is 0 Å². The van der Waals surface area contributed by atoms with Crippen molar-refractivity contribution >= 4 is 17.5 Å². The molecule has 1 atom stereocenters. The highest BCUT2D eigenvalue weighted by atomic mass is 16.5. The molecule has 1 unspecified atom stereocenters. The zero-order chi connectivity index (χ0) is 21.2. The van der Waals surface area contributed by atoms with Crippen LogP contribution < -0.4 is 10.6 Å². The Kier molecular flexibility index (Phi) is 8.41. The molecule has 1 aliphatic rings. The van der Waals surface area contributed by atoms with Gasteiger partial charge in [-0.2, -0.15) is 0 Å². The molecular formula is C24H31N3O3. The minimum absolute atomic E-state index is 0.120. The molecule has 1 fully saturated rings. The number of anilines is 1. The number of hydrogen-bond donors (Lipinski definition) is 2. The Morgan fingerprint density at radius 2 is 1.80 bits per heavy atom. The van der Waals surface area contributed by atoms with Crippen LogP contribution >= 0.6 is 0 Å². The van der Waals surface area contributed by atoms with Gasteiger partial charge < -0.3 is 15.4 Å². The molecule has 1 heterocycles. The van der Waals surface area contributed by atoms with E-state index in [1.54, 1.807) is 0 Å². The highest BCUT2D eigenvalue weighted by Crippen LogP contribution is 2.22. The highest BCUT2D eigenvalue weighted by Gasteiger charge is 2.21. The number of carbonyl (C=O) groups is 2. The Balaban J connectivity index is 1.33. The molecule has 2 aromatic carbocycles. The van der Waals surface area contributed by atoms with Gasteiger partial charge in [0.25, 0.3) is 0 Å². The lowest BCUT2D eigenvalue weighted by molar-refractivity contribution is -0.136. The van der Waals surface area contributed by atoms with Crippen LogP contribution in [-0.4, -0.2) is 49.5 Å². The smallest absolute Gasteiger partial charge is 0.313 e. The fraction of sp³-hybridized carbons (Fsp3) is 0.417. The first-order chi connectivity index (χ1) is 14.7. The number of benzene rings is 2. The summed E-state index contributed by atoms with van der Waals surface area (Å²) in [6.45, 7) is 6.01. The molecule has 0 spiro atoms. The number of morpholine rings is 1. The van der Waals surface area contributed by atoms with Crippen molar-refractivity contribution in [2.24, 2.45) is 0 Å². The SMILES string of the molecule is CCc1ccccc1NC(=O)C(=O)NCCCCN1CCOC(c2ccccc2)C1. The van der Waals surface area contributed by atoms with Gasteiger partial charge in [0.05, 0.1) is 12.7 Å². The summed E-state index contributed by atoms with van der Waals surface area (Å²) in [7, 11) is 0. The van der Waals surface area contributed by atoms with Crippen LogP contribution in [0.5, 0.6) is 0 Å². The molecule has 6 nitrogen and oxygen atoms in total. The van der Waals surface area contributed by atoms with Crippen molar-refractivity contribution in [1.29, 1.82) is 0 Å². The van der Waals surface area contributed by atoms with E-state index in [-0.39, 0.29) is 6.10 Å². The van der Waals surface area contributed by atoms with Crippen LogP contribution in [0.25, 0.3) is 0 Å². The minimum atomic E-state index is -0.616. The molecule has 2 aromatic rings. The van der Waals surface area contributed by atoms with Gasteiger partial charge >= 0.3 is 11.8 Å². The maximum atomic E-state index is 12.1. The Labute approximate surface area is 178 Å². The number of para-hydroxylation sites is 1. The molecule has 0 aromatic heterocycles. The predicted molar refractivity (Wildman–Crippen MR) is 118 cm³/mol. The van der Waals surface area contributed by atoms with Crippen LogP contribution in [0, 0.1) is 0 Å². The monoisotopic (exact) mass is 409 g/mol. The molecule has 1 saturated heterocycles. The summed E-state index contributed by atoms with van der Waals surface area (Å²) in [5, 5.41) is 5.42. The fourth-order valence-corrected chi connectivity index (χ4v) is 3.65. The number of aryl methyl sites for hydroxylation is 1. The number of nitrogens with one attached hydrogen (secondary N) is 2. The number of hydrogen-bond acceptors (Lipinski definition) is 4. The third-order valence-electron chi connectivity index (χ3n) is 5.36. The van der Waals surface area contributed by atoms with Crippen LogP contribution in [0.1, 0.15) is 37.0 Å². The van der Waals surface area contributed by atoms with E-state index in [0.29, 0.717) is 12.2 Å². The molecule has 3 rings (SSSR count). The number of unbranched alkanes of at least 4 members (excludes halogenated alkanes) is 1. The van der Waals surface area contributed by atoms with E-state index in [0.717, 1.165) is 51.1 Å². The third kappa shape index (κ3) is 6.40. The van der Waals surface area contributed by atoms with Gasteiger partial charge in [0.15, 0.2) is 0 Å². The van der Waals surface area contributed by atoms with Crippen molar-refractivity contribution < 1.29 is 14.3 Å². The number of amides is 2. The maximum Gasteiger partial charge on any atom is 0.313 e. The summed E-state index contributed by atoms with van der Waals surface area (Å²) in [4.78, 5) is 26.6. The number of rotatable bonds is 8. The van der Waals surface area contributed by atoms with Crippen molar-refractivity contribution in [3.05, 3.63) is 65.7 Å². The molecule has 0 bridgehead atoms. The first-order valence-electron chi connectivity index (χ1n) is 10.7. The van der Waals surface area contributed by atoms with E-state index < -0.39 is 11.8 Å². The van der Waals surface area contributed by atoms with Crippen LogP contribution in [0.4, 0.5) is 5.69 Å². The van der Waals surface area contributed by atoms with Gasteiger partial charge in [0, 0.05) is 25.3 Å². The summed E-state index contributed by atoms with van der Waals surface area (Å²) < 4.78 is 5.90. The Morgan fingerprint density at radius 3 is 2.60 bits per heavy atom. The molecular weight excluding hydrogens is 378 g/mol. The first kappa shape index (κ1) is 22.0. The molecule has 6 heteroatoms. The summed E-state index contributed by atoms with van der Waals surface area (Å²) in [5.74, 6) is -1.20. The standard InChI is InChI=1S/C24H31N3O3/c1-2-19-10-6-7-13-21(19)26-24(29)23(28)25-14-8-9-15-27-16-17-30-22(18-27)20-11-4-3-5-12-20/h3-7,10-13,22H,2,8-9,14-18H2,1H3,(H,25,28)(H,26,29). The van der Waals surface area contributed by atoms with Crippen LogP contribution in [0.3, 0.4) is 0 Å². The van der Waals surface area contributed by atoms with E-state index in [1.165, 1.54) is 5.56 Å². The molecule has 0 saturated carbocycles. The van der Waals surface area contributed by atoms with E-state index in [2.05, 4.69) is 27.7 Å². The minimum Gasteiger partial charge on any atom is -0.371 e. The van der Waals surface area contributed by atoms with Crippen LogP contribution in [-0.2, 0) is 20.7 Å². The Hall–Kier alpha value is -2.70. The number of carbonyl (C=O) groups excluding carboxylic acids is 2. The summed E-state index contributed by atoms with van der Waals surface area (Å²) >= 11 is 0. The maximum absolute atomic E-state index is 12.1. The van der Waals surface area contributed by atoms with E-state index in [4.69, 9.17) is 4.74 Å². The van der Waals surface area contributed by atoms with Gasteiger partial charge in [-0.25, -0.2) is 0 Å². The molecule has 160 valence electrons. The summed E-state index contributed by atoms with van der Waals surface area (Å²) in [6, 6.07) is 17.8. The topological polar surface area (TPSA) is 70.7 Å². The second-order valence-electron chi connectivity index (χ2n) is 7.50. The van der Waals surface area contributed by atoms with Gasteiger partial charge in [0.2, 0.25) is 0 Å². The second-order valence-corrected chi connectivity index (χ2v) is 7.50. The lowest BCUT2D eigenvalue weighted by atomic mass is 10.1. The number of nitrogens with zero attached hydrogens (tertiary/aromatic N) is 1. The zero-order valence-corrected chi connectivity index (χ0v) is 17.6. The molecule has 0 radical (unpaired) electrons. The predicted octanol–water partition coefficient (Wildman–Crippen LogP) is 3.16. The van der Waals surface area contributed by atoms with Crippen molar-refractivity contribution in [3.8, 4) is 0 Å². The molecule has 30 heavy (non-hydrogen) atoms. The van der Waals surface area contributed by atoms with Gasteiger partial charge in [-0.3, -0.25) is 14.5 Å². The van der Waals surface area contributed by atoms with Gasteiger partial charge in [-0.15, -0.1) is 0 Å². The van der Waals surface area contributed by atoms with E-state index in [9.17, 15) is 9.59 Å². The summed E-state index contributed by atoms with van der Waals surface area (Å²) in [5.41, 5.74) is 2.92. The van der Waals surface area contributed by atoms with E-state index >= 15 is 0 Å². The van der Waals surface area contributed by atoms with Gasteiger partial charge in [-0.1, -0.05) is 55.5 Å². The Bertz CT molecular complexity index is 825. The normalized spacial score (nSPS) is 16.8. The second kappa shape index (κ2) is 11.5. The summed E-state index contributed by atoms with van der Waals surface area (Å²) in [6.07, 6.45) is 2.71. The van der Waals surface area contributed by atoms with Crippen molar-refractivity contribution in [2.75, 3.05) is 38.1 Å². The average molecular weight is 410 g/mol. The van der Waals surface area contributed by atoms with Crippen molar-refractivity contribution in [2.45, 2.75) is 32.3 Å². The van der Waals surface area contributed by atoms with Gasteiger partial charge in [-0.05, 0) is 43.0 Å². The van der Waals surface area contributed by atoms with Crippen LogP contribution in [0.15, 0.2) is 54.6 Å².